The van der Waals surface area contributed by atoms with Crippen molar-refractivity contribution in [2.24, 2.45) is 0 Å². The number of hydrogen-bond acceptors (Lipinski definition) is 2. The molecule has 1 aromatic carbocycles. The predicted octanol–water partition coefficient (Wildman–Crippen LogP) is 3.37. The van der Waals surface area contributed by atoms with Gasteiger partial charge >= 0.3 is 0 Å². The molecule has 1 fully saturated rings. The van der Waals surface area contributed by atoms with Gasteiger partial charge in [-0.2, -0.15) is 0 Å². The van der Waals surface area contributed by atoms with Crippen LogP contribution in [0.5, 0.6) is 0 Å². The third-order valence-electron chi connectivity index (χ3n) is 1.97. The summed E-state index contributed by atoms with van der Waals surface area (Å²) >= 11 is 0. The smallest absolute Gasteiger partial charge is 0.0708 e. The van der Waals surface area contributed by atoms with Gasteiger partial charge in [-0.05, 0) is 24.6 Å². The molecule has 2 heteroatoms. The highest BCUT2D eigenvalue weighted by Gasteiger charge is 2.12. The monoisotopic (exact) mass is 208 g/mol. The lowest BCUT2D eigenvalue weighted by Crippen LogP contribution is -2.52. The highest BCUT2D eigenvalue weighted by atomic mass is 15.4. The van der Waals surface area contributed by atoms with Crippen molar-refractivity contribution >= 4 is 5.69 Å². The van der Waals surface area contributed by atoms with Crippen LogP contribution in [0, 0.1) is 6.92 Å². The second-order valence-corrected chi connectivity index (χ2v) is 2.95. The molecule has 86 valence electrons. The van der Waals surface area contributed by atoms with Gasteiger partial charge in [0, 0.05) is 5.69 Å². The first-order valence-electron chi connectivity index (χ1n) is 5.88. The second-order valence-electron chi connectivity index (χ2n) is 2.95. The lowest BCUT2D eigenvalue weighted by Gasteiger charge is -2.34. The maximum absolute atomic E-state index is 3.21. The number of nitrogens with zero attached hydrogens (tertiary/aromatic N) is 1. The summed E-state index contributed by atoms with van der Waals surface area (Å²) in [5, 5.41) is 3.21. The largest absolute Gasteiger partial charge is 0.346 e. The summed E-state index contributed by atoms with van der Waals surface area (Å²) in [6.45, 7) is 12.1. The van der Waals surface area contributed by atoms with Crippen LogP contribution in [0.25, 0.3) is 0 Å². The Hall–Kier alpha value is -1.02. The zero-order valence-electron chi connectivity index (χ0n) is 10.7. The fraction of sp³-hybridized carbons (Fsp3) is 0.538. The van der Waals surface area contributed by atoms with Crippen LogP contribution < -0.4 is 10.2 Å². The summed E-state index contributed by atoms with van der Waals surface area (Å²) < 4.78 is 0. The molecule has 0 amide bonds. The quantitative estimate of drug-likeness (QED) is 0.761. The molecule has 1 aliphatic heterocycles. The van der Waals surface area contributed by atoms with Crippen molar-refractivity contribution in [3.8, 4) is 0 Å². The molecule has 1 heterocycles. The number of nitrogens with one attached hydrogen (secondary N) is 1. The number of hydrogen-bond donors (Lipinski definition) is 1. The molecule has 0 unspecified atom stereocenters. The zero-order chi connectivity index (χ0) is 11.7. The Bertz CT molecular complexity index is 254. The molecule has 1 aliphatic rings. The van der Waals surface area contributed by atoms with E-state index in [1.807, 2.05) is 27.7 Å². The maximum Gasteiger partial charge on any atom is 0.0708 e. The van der Waals surface area contributed by atoms with E-state index < -0.39 is 0 Å². The van der Waals surface area contributed by atoms with Gasteiger partial charge in [-0.25, -0.2) is 0 Å². The fourth-order valence-corrected chi connectivity index (χ4v) is 1.23. The van der Waals surface area contributed by atoms with Gasteiger partial charge in [0.15, 0.2) is 0 Å². The Kier molecular flexibility index (Phi) is 7.74. The van der Waals surface area contributed by atoms with Crippen molar-refractivity contribution < 1.29 is 0 Å². The molecular weight excluding hydrogens is 184 g/mol. The minimum Gasteiger partial charge on any atom is -0.346 e. The molecule has 1 aromatic rings. The SMILES string of the molecule is CC.CC.Cc1cccc(N2CNC2)c1. The second kappa shape index (κ2) is 8.30. The van der Waals surface area contributed by atoms with Gasteiger partial charge in [0.1, 0.15) is 0 Å². The van der Waals surface area contributed by atoms with E-state index in [4.69, 9.17) is 0 Å². The van der Waals surface area contributed by atoms with Gasteiger partial charge in [-0.3, -0.25) is 5.32 Å². The van der Waals surface area contributed by atoms with Gasteiger partial charge in [0.2, 0.25) is 0 Å². The summed E-state index contributed by atoms with van der Waals surface area (Å²) in [5.74, 6) is 0. The predicted molar refractivity (Wildman–Crippen MR) is 69.2 cm³/mol. The van der Waals surface area contributed by atoms with Crippen molar-refractivity contribution in [3.05, 3.63) is 29.8 Å². The Morgan fingerprint density at radius 3 is 2.07 bits per heavy atom. The Labute approximate surface area is 94.3 Å². The van der Waals surface area contributed by atoms with Gasteiger partial charge in [-0.15, -0.1) is 0 Å². The van der Waals surface area contributed by atoms with Crippen LogP contribution in [-0.4, -0.2) is 13.3 Å². The molecular formula is C13H24N2. The van der Waals surface area contributed by atoms with Crippen LogP contribution in [0.2, 0.25) is 0 Å². The zero-order valence-corrected chi connectivity index (χ0v) is 10.7. The van der Waals surface area contributed by atoms with Gasteiger partial charge < -0.3 is 4.90 Å². The van der Waals surface area contributed by atoms with E-state index in [0.29, 0.717) is 0 Å². The summed E-state index contributed by atoms with van der Waals surface area (Å²) in [6, 6.07) is 8.58. The average Bonchev–Trinajstić information content (AvgIpc) is 2.21. The number of anilines is 1. The highest BCUT2D eigenvalue weighted by Crippen LogP contribution is 2.16. The minimum atomic E-state index is 0.990. The maximum atomic E-state index is 3.21. The van der Waals surface area contributed by atoms with Crippen LogP contribution in [0.3, 0.4) is 0 Å². The highest BCUT2D eigenvalue weighted by molar-refractivity contribution is 5.49. The lowest BCUT2D eigenvalue weighted by atomic mass is 10.2. The van der Waals surface area contributed by atoms with Crippen LogP contribution in [0.1, 0.15) is 33.3 Å². The molecule has 0 bridgehead atoms. The molecule has 0 atom stereocenters. The van der Waals surface area contributed by atoms with Crippen molar-refractivity contribution in [2.75, 3.05) is 18.2 Å². The van der Waals surface area contributed by atoms with E-state index in [-0.39, 0.29) is 0 Å². The molecule has 0 saturated carbocycles. The molecule has 0 aliphatic carbocycles. The third kappa shape index (κ3) is 4.34. The molecule has 1 saturated heterocycles. The number of rotatable bonds is 1. The first-order valence-corrected chi connectivity index (χ1v) is 5.88. The van der Waals surface area contributed by atoms with Crippen LogP contribution in [-0.2, 0) is 0 Å². The molecule has 0 aromatic heterocycles. The summed E-state index contributed by atoms with van der Waals surface area (Å²) in [6.07, 6.45) is 0. The topological polar surface area (TPSA) is 15.3 Å². The molecule has 2 rings (SSSR count). The molecule has 15 heavy (non-hydrogen) atoms. The molecule has 0 radical (unpaired) electrons. The lowest BCUT2D eigenvalue weighted by molar-refractivity contribution is 0.524. The summed E-state index contributed by atoms with van der Waals surface area (Å²) in [4.78, 5) is 2.30. The van der Waals surface area contributed by atoms with E-state index in [1.54, 1.807) is 0 Å². The van der Waals surface area contributed by atoms with E-state index in [9.17, 15) is 0 Å². The normalized spacial score (nSPS) is 12.7. The van der Waals surface area contributed by atoms with Crippen LogP contribution in [0.4, 0.5) is 5.69 Å². The molecule has 1 N–H and O–H groups in total. The first-order chi connectivity index (χ1) is 7.36. The van der Waals surface area contributed by atoms with Gasteiger partial charge in [0.05, 0.1) is 13.3 Å². The van der Waals surface area contributed by atoms with Gasteiger partial charge in [0.25, 0.3) is 0 Å². The molecule has 2 nitrogen and oxygen atoms in total. The Morgan fingerprint density at radius 2 is 1.67 bits per heavy atom. The van der Waals surface area contributed by atoms with E-state index in [2.05, 4.69) is 41.4 Å². The van der Waals surface area contributed by atoms with Crippen LogP contribution >= 0.6 is 0 Å². The molecule has 0 spiro atoms. The van der Waals surface area contributed by atoms with E-state index in [1.165, 1.54) is 11.3 Å². The summed E-state index contributed by atoms with van der Waals surface area (Å²) in [5.41, 5.74) is 2.65. The Balaban J connectivity index is 0.000000442. The standard InChI is InChI=1S/C9H12N2.2C2H6/c1-8-3-2-4-9(5-8)11-6-10-7-11;2*1-2/h2-5,10H,6-7H2,1H3;2*1-2H3. The average molecular weight is 208 g/mol. The number of benzene rings is 1. The van der Waals surface area contributed by atoms with E-state index >= 15 is 0 Å². The first kappa shape index (κ1) is 14.0. The van der Waals surface area contributed by atoms with Crippen molar-refractivity contribution in [3.63, 3.8) is 0 Å². The third-order valence-corrected chi connectivity index (χ3v) is 1.97. The van der Waals surface area contributed by atoms with Crippen molar-refractivity contribution in [1.82, 2.24) is 5.32 Å². The summed E-state index contributed by atoms with van der Waals surface area (Å²) in [7, 11) is 0. The van der Waals surface area contributed by atoms with Gasteiger partial charge in [-0.1, -0.05) is 39.8 Å². The van der Waals surface area contributed by atoms with Crippen LogP contribution in [0.15, 0.2) is 24.3 Å². The van der Waals surface area contributed by atoms with Crippen molar-refractivity contribution in [1.29, 1.82) is 0 Å². The Morgan fingerprint density at radius 1 is 1.07 bits per heavy atom. The minimum absolute atomic E-state index is 0.990. The number of aryl methyl sites for hydroxylation is 1. The van der Waals surface area contributed by atoms with E-state index in [0.717, 1.165) is 13.3 Å². The fourth-order valence-electron chi connectivity index (χ4n) is 1.23. The van der Waals surface area contributed by atoms with Crippen molar-refractivity contribution in [2.45, 2.75) is 34.6 Å².